The second-order valence-corrected chi connectivity index (χ2v) is 3.60. The molecule has 0 bridgehead atoms. The molecule has 6 nitrogen and oxygen atoms in total. The molecule has 0 radical (unpaired) electrons. The minimum Gasteiger partial charge on any atom is -0.382 e. The first-order valence-corrected chi connectivity index (χ1v) is 5.59. The van der Waals surface area contributed by atoms with Gasteiger partial charge >= 0.3 is 0 Å². The molecule has 0 saturated heterocycles. The summed E-state index contributed by atoms with van der Waals surface area (Å²) in [7, 11) is 0. The van der Waals surface area contributed by atoms with Gasteiger partial charge in [0.2, 0.25) is 0 Å². The lowest BCUT2D eigenvalue weighted by molar-refractivity contribution is 0.424. The Morgan fingerprint density at radius 2 is 2.20 bits per heavy atom. The van der Waals surface area contributed by atoms with E-state index in [2.05, 4.69) is 20.1 Å². The van der Waals surface area contributed by atoms with Gasteiger partial charge in [0.1, 0.15) is 0 Å². The van der Waals surface area contributed by atoms with Crippen LogP contribution in [-0.2, 0) is 5.75 Å². The Hall–Kier alpha value is -1.63. The molecule has 0 fully saturated rings. The quantitative estimate of drug-likeness (QED) is 0.828. The predicted octanol–water partition coefficient (Wildman–Crippen LogP) is 0.972. The first-order valence-electron chi connectivity index (χ1n) is 4.19. The van der Waals surface area contributed by atoms with Crippen LogP contribution in [0.2, 0.25) is 0 Å². The number of rotatable bonds is 3. The Labute approximate surface area is 90.3 Å². The second kappa shape index (κ2) is 4.26. The Morgan fingerprint density at radius 3 is 2.93 bits per heavy atom. The number of thioether (sulfide) groups is 1. The molecule has 0 aliphatic carbocycles. The van der Waals surface area contributed by atoms with E-state index in [4.69, 9.17) is 10.3 Å². The third-order valence-corrected chi connectivity index (χ3v) is 2.22. The van der Waals surface area contributed by atoms with Crippen molar-refractivity contribution >= 4 is 17.6 Å². The highest BCUT2D eigenvalue weighted by molar-refractivity contribution is 7.97. The molecule has 2 aromatic heterocycles. The molecule has 0 atom stereocenters. The van der Waals surface area contributed by atoms with Gasteiger partial charge in [-0.25, -0.2) is 9.97 Å². The molecule has 7 heteroatoms. The van der Waals surface area contributed by atoms with E-state index in [1.54, 1.807) is 11.8 Å². The zero-order valence-electron chi connectivity index (χ0n) is 8.04. The lowest BCUT2D eigenvalue weighted by Crippen LogP contribution is -1.96. The van der Waals surface area contributed by atoms with Crippen molar-refractivity contribution in [1.29, 1.82) is 0 Å². The lowest BCUT2D eigenvalue weighted by Gasteiger charge is -1.95. The highest BCUT2D eigenvalue weighted by Gasteiger charge is 2.12. The molecule has 2 rings (SSSR count). The fourth-order valence-corrected chi connectivity index (χ4v) is 1.43. The minimum atomic E-state index is 0.289. The van der Waals surface area contributed by atoms with Crippen LogP contribution in [0.1, 0.15) is 5.82 Å². The van der Waals surface area contributed by atoms with Crippen LogP contribution in [0, 0.1) is 0 Å². The van der Waals surface area contributed by atoms with Gasteiger partial charge in [-0.15, -0.1) is 0 Å². The van der Waals surface area contributed by atoms with Gasteiger partial charge < -0.3 is 10.3 Å². The smallest absolute Gasteiger partial charge is 0.280 e. The van der Waals surface area contributed by atoms with Gasteiger partial charge in [-0.05, 0) is 6.26 Å². The van der Waals surface area contributed by atoms with E-state index < -0.39 is 0 Å². The second-order valence-electron chi connectivity index (χ2n) is 2.74. The molecule has 2 heterocycles. The maximum absolute atomic E-state index is 5.63. The monoisotopic (exact) mass is 223 g/mol. The van der Waals surface area contributed by atoms with Crippen molar-refractivity contribution in [2.45, 2.75) is 5.75 Å². The average molecular weight is 223 g/mol. The number of anilines is 1. The molecule has 2 aromatic rings. The minimum absolute atomic E-state index is 0.289. The van der Waals surface area contributed by atoms with E-state index in [1.807, 2.05) is 6.26 Å². The van der Waals surface area contributed by atoms with Crippen LogP contribution < -0.4 is 5.73 Å². The maximum atomic E-state index is 5.63. The molecule has 0 aliphatic heterocycles. The molecule has 15 heavy (non-hydrogen) atoms. The predicted molar refractivity (Wildman–Crippen MR) is 57.0 cm³/mol. The van der Waals surface area contributed by atoms with Gasteiger partial charge in [0.25, 0.3) is 5.89 Å². The van der Waals surface area contributed by atoms with Crippen LogP contribution in [0.3, 0.4) is 0 Å². The number of hydrogen-bond donors (Lipinski definition) is 1. The molecule has 0 unspecified atom stereocenters. The fraction of sp³-hybridized carbons (Fsp3) is 0.250. The molecular formula is C8H9N5OS. The summed E-state index contributed by atoms with van der Waals surface area (Å²) >= 11 is 1.62. The van der Waals surface area contributed by atoms with Gasteiger partial charge in [-0.3, -0.25) is 0 Å². The Kier molecular flexibility index (Phi) is 2.82. The number of aromatic nitrogens is 4. The molecule has 0 saturated carbocycles. The topological polar surface area (TPSA) is 90.7 Å². The third-order valence-electron chi connectivity index (χ3n) is 1.67. The molecule has 0 aliphatic rings. The summed E-state index contributed by atoms with van der Waals surface area (Å²) in [5.74, 6) is 1.92. The lowest BCUT2D eigenvalue weighted by atomic mass is 10.4. The normalized spacial score (nSPS) is 10.5. The van der Waals surface area contributed by atoms with E-state index in [9.17, 15) is 0 Å². The van der Waals surface area contributed by atoms with Gasteiger partial charge in [0, 0.05) is 12.4 Å². The van der Waals surface area contributed by atoms with Gasteiger partial charge in [-0.1, -0.05) is 5.16 Å². The van der Waals surface area contributed by atoms with E-state index in [0.29, 0.717) is 23.2 Å². The first-order chi connectivity index (χ1) is 7.31. The van der Waals surface area contributed by atoms with Crippen molar-refractivity contribution in [3.05, 3.63) is 18.2 Å². The fourth-order valence-electron chi connectivity index (χ4n) is 1.05. The zero-order valence-corrected chi connectivity index (χ0v) is 8.86. The van der Waals surface area contributed by atoms with E-state index >= 15 is 0 Å². The summed E-state index contributed by atoms with van der Waals surface area (Å²) in [5, 5.41) is 3.79. The van der Waals surface area contributed by atoms with Crippen LogP contribution in [-0.4, -0.2) is 26.4 Å². The van der Waals surface area contributed by atoms with Crippen LogP contribution >= 0.6 is 11.8 Å². The Bertz CT molecular complexity index is 458. The molecule has 0 aromatic carbocycles. The number of nitrogens with two attached hydrogens (primary N) is 1. The Morgan fingerprint density at radius 1 is 1.40 bits per heavy atom. The average Bonchev–Trinajstić information content (AvgIpc) is 2.68. The number of hydrogen-bond acceptors (Lipinski definition) is 7. The summed E-state index contributed by atoms with van der Waals surface area (Å²) in [5.41, 5.74) is 6.06. The van der Waals surface area contributed by atoms with Gasteiger partial charge in [-0.2, -0.15) is 16.7 Å². The van der Waals surface area contributed by atoms with Crippen LogP contribution in [0.4, 0.5) is 5.82 Å². The Balaban J connectivity index is 2.33. The number of nitrogens with zero attached hydrogens (tertiary/aromatic N) is 4. The van der Waals surface area contributed by atoms with Crippen molar-refractivity contribution in [3.8, 4) is 11.6 Å². The van der Waals surface area contributed by atoms with Gasteiger partial charge in [0.05, 0.1) is 5.75 Å². The summed E-state index contributed by atoms with van der Waals surface area (Å²) < 4.78 is 5.03. The van der Waals surface area contributed by atoms with Crippen molar-refractivity contribution in [2.24, 2.45) is 0 Å². The SMILES string of the molecule is CSCc1noc(-c2nccnc2N)n1. The van der Waals surface area contributed by atoms with E-state index in [-0.39, 0.29) is 5.82 Å². The molecule has 2 N–H and O–H groups in total. The largest absolute Gasteiger partial charge is 0.382 e. The molecule has 78 valence electrons. The maximum Gasteiger partial charge on any atom is 0.280 e. The van der Waals surface area contributed by atoms with Crippen LogP contribution in [0.25, 0.3) is 11.6 Å². The van der Waals surface area contributed by atoms with Crippen molar-refractivity contribution in [1.82, 2.24) is 20.1 Å². The van der Waals surface area contributed by atoms with E-state index in [1.165, 1.54) is 12.4 Å². The van der Waals surface area contributed by atoms with Crippen LogP contribution in [0.5, 0.6) is 0 Å². The van der Waals surface area contributed by atoms with Gasteiger partial charge in [0.15, 0.2) is 17.3 Å². The summed E-state index contributed by atoms with van der Waals surface area (Å²) in [6, 6.07) is 0. The highest BCUT2D eigenvalue weighted by Crippen LogP contribution is 2.19. The molecular weight excluding hydrogens is 214 g/mol. The van der Waals surface area contributed by atoms with Crippen molar-refractivity contribution < 1.29 is 4.52 Å². The standard InChI is InChI=1S/C8H9N5OS/c1-15-4-5-12-8(14-13-5)6-7(9)11-3-2-10-6/h2-3H,4H2,1H3,(H2,9,11). The molecule has 0 amide bonds. The van der Waals surface area contributed by atoms with Crippen LogP contribution in [0.15, 0.2) is 16.9 Å². The van der Waals surface area contributed by atoms with Crippen molar-refractivity contribution in [2.75, 3.05) is 12.0 Å². The summed E-state index contributed by atoms with van der Waals surface area (Å²) in [6.07, 6.45) is 5.01. The van der Waals surface area contributed by atoms with E-state index in [0.717, 1.165) is 0 Å². The highest BCUT2D eigenvalue weighted by atomic mass is 32.2. The first kappa shape index (κ1) is 9.91. The van der Waals surface area contributed by atoms with Crippen molar-refractivity contribution in [3.63, 3.8) is 0 Å². The third kappa shape index (κ3) is 2.07. The molecule has 0 spiro atoms. The summed E-state index contributed by atoms with van der Waals surface area (Å²) in [6.45, 7) is 0. The summed E-state index contributed by atoms with van der Waals surface area (Å²) in [4.78, 5) is 12.1. The number of nitrogen functional groups attached to an aromatic ring is 1. The zero-order chi connectivity index (χ0) is 10.7.